The number of nitrogens with zero attached hydrogens (tertiary/aromatic N) is 2. The number of benzene rings is 1. The Bertz CT molecular complexity index is 647. The lowest BCUT2D eigenvalue weighted by Crippen LogP contribution is -2.24. The molecule has 106 valence electrons. The maximum Gasteiger partial charge on any atom is 0.240 e. The summed E-state index contributed by atoms with van der Waals surface area (Å²) in [5, 5.41) is 4.14. The van der Waals surface area contributed by atoms with Crippen LogP contribution in [0, 0.1) is 17.6 Å². The molecule has 1 aromatic carbocycles. The van der Waals surface area contributed by atoms with Gasteiger partial charge in [0.1, 0.15) is 17.2 Å². The highest BCUT2D eigenvalue weighted by Gasteiger charge is 2.19. The Morgan fingerprint density at radius 1 is 1.35 bits per heavy atom. The van der Waals surface area contributed by atoms with Crippen molar-refractivity contribution in [2.24, 2.45) is 5.92 Å². The zero-order valence-corrected chi connectivity index (χ0v) is 10.9. The van der Waals surface area contributed by atoms with Crippen LogP contribution in [0.2, 0.25) is 0 Å². The Labute approximate surface area is 114 Å². The number of nitrogens with one attached hydrogen (secondary N) is 1. The zero-order valence-electron chi connectivity index (χ0n) is 10.9. The van der Waals surface area contributed by atoms with Gasteiger partial charge in [0.25, 0.3) is 0 Å². The Hall–Kier alpha value is -1.98. The summed E-state index contributed by atoms with van der Waals surface area (Å²) in [6.07, 6.45) is 6.31. The third-order valence-electron chi connectivity index (χ3n) is 3.73. The van der Waals surface area contributed by atoms with Gasteiger partial charge in [0.2, 0.25) is 5.91 Å². The topological polar surface area (TPSA) is 46.9 Å². The van der Waals surface area contributed by atoms with Crippen molar-refractivity contribution in [3.05, 3.63) is 30.0 Å². The summed E-state index contributed by atoms with van der Waals surface area (Å²) in [7, 11) is 0. The van der Waals surface area contributed by atoms with Gasteiger partial charge in [0, 0.05) is 18.6 Å². The van der Waals surface area contributed by atoms with Crippen LogP contribution in [0.15, 0.2) is 18.3 Å². The highest BCUT2D eigenvalue weighted by atomic mass is 19.1. The van der Waals surface area contributed by atoms with Crippen LogP contribution in [0.1, 0.15) is 32.1 Å². The van der Waals surface area contributed by atoms with Gasteiger partial charge in [-0.2, -0.15) is 9.89 Å². The number of hydrogen-bond acceptors (Lipinski definition) is 2. The molecule has 1 N–H and O–H groups in total. The number of rotatable bonds is 3. The second-order valence-electron chi connectivity index (χ2n) is 5.28. The third-order valence-corrected chi connectivity index (χ3v) is 3.73. The summed E-state index contributed by atoms with van der Waals surface area (Å²) in [5.41, 5.74) is 2.77. The number of halogens is 2. The minimum atomic E-state index is -0.684. The van der Waals surface area contributed by atoms with Crippen molar-refractivity contribution in [1.29, 1.82) is 0 Å². The van der Waals surface area contributed by atoms with Crippen molar-refractivity contribution < 1.29 is 13.6 Å². The van der Waals surface area contributed by atoms with E-state index in [0.29, 0.717) is 12.3 Å². The highest BCUT2D eigenvalue weighted by molar-refractivity contribution is 5.85. The van der Waals surface area contributed by atoms with Crippen LogP contribution < -0.4 is 5.43 Å². The summed E-state index contributed by atoms with van der Waals surface area (Å²) >= 11 is 0. The maximum absolute atomic E-state index is 13.5. The van der Waals surface area contributed by atoms with Crippen LogP contribution in [0.25, 0.3) is 10.9 Å². The highest BCUT2D eigenvalue weighted by Crippen LogP contribution is 2.27. The molecule has 1 amide bonds. The first kappa shape index (κ1) is 13.0. The number of fused-ring (bicyclic) bond motifs is 1. The van der Waals surface area contributed by atoms with Crippen molar-refractivity contribution in [2.45, 2.75) is 32.1 Å². The molecule has 1 aromatic heterocycles. The standard InChI is InChI=1S/C14H15F2N3O/c15-10-6-12(16)11-8-19(17-13(11)7-10)18-14(20)5-9-3-1-2-4-9/h6-9H,1-5H2,(H,18,20). The van der Waals surface area contributed by atoms with Crippen LogP contribution in [0.3, 0.4) is 0 Å². The van der Waals surface area contributed by atoms with Gasteiger partial charge in [-0.3, -0.25) is 4.79 Å². The fourth-order valence-electron chi connectivity index (χ4n) is 2.76. The summed E-state index contributed by atoms with van der Waals surface area (Å²) < 4.78 is 26.6. The van der Waals surface area contributed by atoms with Crippen molar-refractivity contribution in [3.8, 4) is 0 Å². The molecule has 0 saturated heterocycles. The molecule has 1 heterocycles. The third kappa shape index (κ3) is 2.64. The molecular formula is C14H15F2N3O. The van der Waals surface area contributed by atoms with Crippen LogP contribution in [0.4, 0.5) is 8.78 Å². The Morgan fingerprint density at radius 3 is 2.85 bits per heavy atom. The molecule has 1 saturated carbocycles. The monoisotopic (exact) mass is 279 g/mol. The number of carbonyl (C=O) groups excluding carboxylic acids is 1. The molecule has 0 aliphatic heterocycles. The number of carbonyl (C=O) groups is 1. The summed E-state index contributed by atoms with van der Waals surface area (Å²) in [6, 6.07) is 1.94. The van der Waals surface area contributed by atoms with E-state index in [1.807, 2.05) is 0 Å². The van der Waals surface area contributed by atoms with Crippen molar-refractivity contribution in [2.75, 3.05) is 5.43 Å². The van der Waals surface area contributed by atoms with E-state index < -0.39 is 11.6 Å². The second-order valence-corrected chi connectivity index (χ2v) is 5.28. The van der Waals surface area contributed by atoms with E-state index in [1.54, 1.807) is 0 Å². The van der Waals surface area contributed by atoms with Gasteiger partial charge in [-0.15, -0.1) is 0 Å². The van der Waals surface area contributed by atoms with Crippen molar-refractivity contribution in [3.63, 3.8) is 0 Å². The number of aromatic nitrogens is 2. The van der Waals surface area contributed by atoms with Gasteiger partial charge in [-0.25, -0.2) is 14.2 Å². The molecule has 0 spiro atoms. The van der Waals surface area contributed by atoms with Crippen LogP contribution in [0.5, 0.6) is 0 Å². The lowest BCUT2D eigenvalue weighted by Gasteiger charge is -2.08. The van der Waals surface area contributed by atoms with E-state index in [4.69, 9.17) is 0 Å². The Morgan fingerprint density at radius 2 is 2.10 bits per heavy atom. The summed E-state index contributed by atoms with van der Waals surface area (Å²) in [5.74, 6) is -1.09. The molecule has 2 aromatic rings. The van der Waals surface area contributed by atoms with Crippen LogP contribution in [-0.4, -0.2) is 15.8 Å². The smallest absolute Gasteiger partial charge is 0.240 e. The largest absolute Gasteiger partial charge is 0.273 e. The summed E-state index contributed by atoms with van der Waals surface area (Å²) in [6.45, 7) is 0. The van der Waals surface area contributed by atoms with E-state index in [0.717, 1.165) is 29.8 Å². The molecule has 0 unspecified atom stereocenters. The lowest BCUT2D eigenvalue weighted by molar-refractivity contribution is -0.118. The molecular weight excluding hydrogens is 264 g/mol. The zero-order chi connectivity index (χ0) is 14.1. The minimum Gasteiger partial charge on any atom is -0.273 e. The van der Waals surface area contributed by atoms with E-state index in [-0.39, 0.29) is 16.8 Å². The molecule has 20 heavy (non-hydrogen) atoms. The van der Waals surface area contributed by atoms with Crippen molar-refractivity contribution in [1.82, 2.24) is 9.89 Å². The molecule has 0 bridgehead atoms. The Kier molecular flexibility index (Phi) is 3.38. The maximum atomic E-state index is 13.5. The van der Waals surface area contributed by atoms with Gasteiger partial charge in [-0.05, 0) is 18.8 Å². The molecule has 4 nitrogen and oxygen atoms in total. The summed E-state index contributed by atoms with van der Waals surface area (Å²) in [4.78, 5) is 13.0. The molecule has 6 heteroatoms. The number of amides is 1. The van der Waals surface area contributed by atoms with E-state index in [9.17, 15) is 13.6 Å². The lowest BCUT2D eigenvalue weighted by atomic mass is 10.0. The average Bonchev–Trinajstić information content (AvgIpc) is 2.98. The molecule has 3 rings (SSSR count). The minimum absolute atomic E-state index is 0.148. The predicted molar refractivity (Wildman–Crippen MR) is 70.6 cm³/mol. The molecule has 0 radical (unpaired) electrons. The normalized spacial score (nSPS) is 15.9. The van der Waals surface area contributed by atoms with E-state index in [2.05, 4.69) is 10.5 Å². The van der Waals surface area contributed by atoms with Crippen molar-refractivity contribution >= 4 is 16.8 Å². The van der Waals surface area contributed by atoms with Gasteiger partial charge >= 0.3 is 0 Å². The molecule has 1 fully saturated rings. The average molecular weight is 279 g/mol. The second kappa shape index (κ2) is 5.19. The van der Waals surface area contributed by atoms with Crippen LogP contribution in [-0.2, 0) is 4.79 Å². The van der Waals surface area contributed by atoms with E-state index >= 15 is 0 Å². The first-order chi connectivity index (χ1) is 9.61. The molecule has 1 aliphatic carbocycles. The van der Waals surface area contributed by atoms with Crippen LogP contribution >= 0.6 is 0 Å². The molecule has 0 atom stereocenters. The van der Waals surface area contributed by atoms with Gasteiger partial charge in [0.05, 0.1) is 11.6 Å². The quantitative estimate of drug-likeness (QED) is 0.939. The Balaban J connectivity index is 1.73. The predicted octanol–water partition coefficient (Wildman–Crippen LogP) is 2.96. The van der Waals surface area contributed by atoms with Gasteiger partial charge < -0.3 is 0 Å². The first-order valence-corrected chi connectivity index (χ1v) is 6.76. The molecule has 1 aliphatic rings. The fourth-order valence-corrected chi connectivity index (χ4v) is 2.76. The fraction of sp³-hybridized carbons (Fsp3) is 0.429. The van der Waals surface area contributed by atoms with Gasteiger partial charge in [-0.1, -0.05) is 12.8 Å². The number of hydrogen-bond donors (Lipinski definition) is 1. The SMILES string of the molecule is O=C(CC1CCCC1)Nn1cc2c(F)cc(F)cc2n1. The van der Waals surface area contributed by atoms with Gasteiger partial charge in [0.15, 0.2) is 0 Å². The first-order valence-electron chi connectivity index (χ1n) is 6.76. The van der Waals surface area contributed by atoms with E-state index in [1.165, 1.54) is 19.0 Å².